The molecule has 0 saturated heterocycles. The summed E-state index contributed by atoms with van der Waals surface area (Å²) in [6.07, 6.45) is 4.46. The van der Waals surface area contributed by atoms with E-state index in [0.717, 1.165) is 24.6 Å². The summed E-state index contributed by atoms with van der Waals surface area (Å²) < 4.78 is 14.3. The molecule has 0 aromatic carbocycles. The number of hydrogen-bond donors (Lipinski definition) is 0. The topological polar surface area (TPSA) is 70.8 Å². The summed E-state index contributed by atoms with van der Waals surface area (Å²) in [5, 5.41) is 1.20. The first-order valence-corrected chi connectivity index (χ1v) is 7.67. The molecule has 5 nitrogen and oxygen atoms in total. The molecule has 2 aliphatic rings. The Hall–Kier alpha value is -1.40. The predicted molar refractivity (Wildman–Crippen MR) is 78.4 cm³/mol. The van der Waals surface area contributed by atoms with Gasteiger partial charge in [0.15, 0.2) is 5.65 Å². The van der Waals surface area contributed by atoms with Crippen LogP contribution in [0.2, 0.25) is 0 Å². The molecule has 0 spiro atoms. The summed E-state index contributed by atoms with van der Waals surface area (Å²) >= 11 is -1.20. The Balaban J connectivity index is 0.00000121. The fourth-order valence-electron chi connectivity index (χ4n) is 3.23. The van der Waals surface area contributed by atoms with Gasteiger partial charge in [0, 0.05) is 28.3 Å². The Morgan fingerprint density at radius 3 is 3.05 bits per heavy atom. The third-order valence-electron chi connectivity index (χ3n) is 4.13. The number of hydrogen-bond acceptors (Lipinski definition) is 4. The van der Waals surface area contributed by atoms with E-state index in [9.17, 15) is 9.35 Å². The molecule has 0 radical (unpaired) electrons. The number of nitrogens with zero attached hydrogens (tertiary/aromatic N) is 3. The van der Waals surface area contributed by atoms with E-state index in [1.807, 2.05) is 13.0 Å². The summed E-state index contributed by atoms with van der Waals surface area (Å²) in [7, 11) is 0. The van der Waals surface area contributed by atoms with Crippen LogP contribution in [-0.2, 0) is 11.2 Å². The highest BCUT2D eigenvalue weighted by Gasteiger charge is 2.43. The number of rotatable bonds is 0. The lowest BCUT2D eigenvalue weighted by Gasteiger charge is -2.20. The maximum Gasteiger partial charge on any atom is 0.345 e. The second-order valence-corrected chi connectivity index (χ2v) is 6.83. The highest BCUT2D eigenvalue weighted by molar-refractivity contribution is 7.91. The highest BCUT2D eigenvalue weighted by atomic mass is 32.2. The van der Waals surface area contributed by atoms with E-state index in [-0.39, 0.29) is 24.3 Å². The molecule has 2 aromatic heterocycles. The van der Waals surface area contributed by atoms with Gasteiger partial charge in [-0.05, 0) is 32.3 Å². The molecule has 0 N–H and O–H groups in total. The Labute approximate surface area is 120 Å². The Bertz CT molecular complexity index is 743. The molecule has 4 rings (SSSR count). The van der Waals surface area contributed by atoms with Crippen molar-refractivity contribution in [2.45, 2.75) is 50.1 Å². The van der Waals surface area contributed by atoms with E-state index in [1.165, 1.54) is 0 Å². The van der Waals surface area contributed by atoms with Crippen LogP contribution in [0.5, 0.6) is 0 Å². The van der Waals surface area contributed by atoms with E-state index in [0.29, 0.717) is 16.4 Å². The van der Waals surface area contributed by atoms with Crippen LogP contribution < -0.4 is 5.56 Å². The van der Waals surface area contributed by atoms with Crippen molar-refractivity contribution in [1.29, 1.82) is 0 Å². The van der Waals surface area contributed by atoms with Crippen LogP contribution in [0.25, 0.3) is 11.0 Å². The van der Waals surface area contributed by atoms with Gasteiger partial charge in [-0.1, -0.05) is 7.43 Å². The molecule has 1 aliphatic heterocycles. The molecule has 1 saturated carbocycles. The van der Waals surface area contributed by atoms with E-state index in [1.54, 1.807) is 10.8 Å². The Kier molecular flexibility index (Phi) is 3.10. The average Bonchev–Trinajstić information content (AvgIpc) is 2.84. The van der Waals surface area contributed by atoms with Crippen LogP contribution in [0, 0.1) is 6.92 Å². The van der Waals surface area contributed by atoms with Crippen molar-refractivity contribution >= 4 is 22.2 Å². The number of pyridine rings is 1. The SMILES string of the molecule is C.Cc1cc2cnc3nc2n(c1=O)C1CCCC1[S+]3[O-]. The number of aromatic nitrogens is 3. The fraction of sp³-hybridized carbons (Fsp3) is 0.500. The standard InChI is InChI=1S/C13H13N3O2S.CH4/c1-7-5-8-6-14-13-15-11(8)16(12(7)17)9-3-2-4-10(9)19(13)18;/h5-6,9-10H,2-4H2,1H3;1H4. The van der Waals surface area contributed by atoms with Crippen LogP contribution in [0.1, 0.15) is 38.3 Å². The number of fused-ring (bicyclic) bond motifs is 3. The molecule has 1 aliphatic carbocycles. The van der Waals surface area contributed by atoms with Crippen molar-refractivity contribution in [3.63, 3.8) is 0 Å². The highest BCUT2D eigenvalue weighted by Crippen LogP contribution is 2.39. The first kappa shape index (κ1) is 13.6. The third kappa shape index (κ3) is 1.64. The van der Waals surface area contributed by atoms with Gasteiger partial charge in [0.25, 0.3) is 5.56 Å². The second-order valence-electron chi connectivity index (χ2n) is 5.27. The van der Waals surface area contributed by atoms with Crippen molar-refractivity contribution in [2.24, 2.45) is 0 Å². The van der Waals surface area contributed by atoms with Gasteiger partial charge in [0.05, 0.1) is 6.04 Å². The van der Waals surface area contributed by atoms with Crippen LogP contribution in [0.15, 0.2) is 22.2 Å². The lowest BCUT2D eigenvalue weighted by Crippen LogP contribution is -2.33. The smallest absolute Gasteiger partial charge is 0.345 e. The van der Waals surface area contributed by atoms with E-state index < -0.39 is 11.2 Å². The number of aryl methyl sites for hydroxylation is 1. The van der Waals surface area contributed by atoms with Crippen LogP contribution in [0.3, 0.4) is 0 Å². The van der Waals surface area contributed by atoms with Crippen molar-refractivity contribution < 1.29 is 4.55 Å². The summed E-state index contributed by atoms with van der Waals surface area (Å²) in [5.74, 6) is 0. The molecule has 2 aromatic rings. The van der Waals surface area contributed by atoms with Crippen molar-refractivity contribution in [3.8, 4) is 0 Å². The lowest BCUT2D eigenvalue weighted by atomic mass is 10.2. The molecule has 3 atom stereocenters. The van der Waals surface area contributed by atoms with Gasteiger partial charge in [-0.15, -0.1) is 0 Å². The zero-order valence-electron chi connectivity index (χ0n) is 10.5. The normalized spacial score (nSPS) is 27.2. The fourth-order valence-corrected chi connectivity index (χ4v) is 4.76. The predicted octanol–water partition coefficient (Wildman–Crippen LogP) is 1.95. The van der Waals surface area contributed by atoms with Gasteiger partial charge < -0.3 is 4.55 Å². The summed E-state index contributed by atoms with van der Waals surface area (Å²) in [4.78, 5) is 21.0. The molecular weight excluding hydrogens is 274 g/mol. The lowest BCUT2D eigenvalue weighted by molar-refractivity contribution is 0.500. The molecule has 3 heterocycles. The van der Waals surface area contributed by atoms with Crippen LogP contribution >= 0.6 is 0 Å². The monoisotopic (exact) mass is 291 g/mol. The third-order valence-corrected chi connectivity index (χ3v) is 5.79. The van der Waals surface area contributed by atoms with Crippen LogP contribution in [-0.4, -0.2) is 24.3 Å². The van der Waals surface area contributed by atoms with Crippen molar-refractivity contribution in [1.82, 2.24) is 14.5 Å². The maximum absolute atomic E-state index is 12.5. The van der Waals surface area contributed by atoms with Crippen molar-refractivity contribution in [2.75, 3.05) is 0 Å². The first-order valence-electron chi connectivity index (χ1n) is 6.46. The summed E-state index contributed by atoms with van der Waals surface area (Å²) in [6.45, 7) is 1.81. The molecule has 1 fully saturated rings. The first-order chi connectivity index (χ1) is 9.16. The Morgan fingerprint density at radius 1 is 1.45 bits per heavy atom. The van der Waals surface area contributed by atoms with Gasteiger partial charge in [0.2, 0.25) is 0 Å². The van der Waals surface area contributed by atoms with E-state index in [2.05, 4.69) is 9.97 Å². The molecule has 20 heavy (non-hydrogen) atoms. The molecule has 6 heteroatoms. The van der Waals surface area contributed by atoms with Gasteiger partial charge in [-0.3, -0.25) is 9.36 Å². The molecule has 106 valence electrons. The molecular formula is C14H17N3O2S. The van der Waals surface area contributed by atoms with Crippen LogP contribution in [0.4, 0.5) is 0 Å². The van der Waals surface area contributed by atoms with Gasteiger partial charge in [-0.2, -0.15) is 9.97 Å². The average molecular weight is 291 g/mol. The minimum absolute atomic E-state index is 0. The zero-order valence-corrected chi connectivity index (χ0v) is 11.3. The Morgan fingerprint density at radius 2 is 2.25 bits per heavy atom. The summed E-state index contributed by atoms with van der Waals surface area (Å²) in [5.41, 5.74) is 1.33. The van der Waals surface area contributed by atoms with Gasteiger partial charge in [-0.25, -0.2) is 0 Å². The quantitative estimate of drug-likeness (QED) is 0.549. The van der Waals surface area contributed by atoms with E-state index in [4.69, 9.17) is 0 Å². The molecule has 2 bridgehead atoms. The zero-order chi connectivity index (χ0) is 13.1. The van der Waals surface area contributed by atoms with Crippen molar-refractivity contribution in [3.05, 3.63) is 28.2 Å². The largest absolute Gasteiger partial charge is 0.609 e. The summed E-state index contributed by atoms with van der Waals surface area (Å²) in [6, 6.07) is 1.82. The van der Waals surface area contributed by atoms with Gasteiger partial charge >= 0.3 is 5.16 Å². The second kappa shape index (κ2) is 4.56. The minimum Gasteiger partial charge on any atom is -0.609 e. The maximum atomic E-state index is 12.5. The molecule has 3 unspecified atom stereocenters. The minimum atomic E-state index is -1.20. The van der Waals surface area contributed by atoms with Gasteiger partial charge in [0.1, 0.15) is 5.25 Å². The van der Waals surface area contributed by atoms with E-state index >= 15 is 0 Å². The molecule has 0 amide bonds.